The lowest BCUT2D eigenvalue weighted by Crippen LogP contribution is -1.96. The number of nitrogen functional groups attached to an aromatic ring is 1. The Balaban J connectivity index is 2.64. The second-order valence-electron chi connectivity index (χ2n) is 3.71. The maximum absolute atomic E-state index is 13.7. The Bertz CT molecular complexity index is 576. The van der Waals surface area contributed by atoms with E-state index in [2.05, 4.69) is 0 Å². The van der Waals surface area contributed by atoms with Crippen LogP contribution in [0.25, 0.3) is 11.1 Å². The van der Waals surface area contributed by atoms with Gasteiger partial charge in [-0.3, -0.25) is 0 Å². The van der Waals surface area contributed by atoms with E-state index in [4.69, 9.17) is 10.5 Å². The van der Waals surface area contributed by atoms with Gasteiger partial charge >= 0.3 is 0 Å². The maximum atomic E-state index is 13.7. The number of rotatable bonds is 2. The summed E-state index contributed by atoms with van der Waals surface area (Å²) in [6.45, 7) is 0. The van der Waals surface area contributed by atoms with Crippen LogP contribution < -0.4 is 10.5 Å². The van der Waals surface area contributed by atoms with E-state index in [0.29, 0.717) is 0 Å². The molecule has 2 aromatic carbocycles. The molecule has 0 amide bonds. The van der Waals surface area contributed by atoms with Crippen molar-refractivity contribution in [1.29, 1.82) is 0 Å². The van der Waals surface area contributed by atoms with Crippen molar-refractivity contribution in [2.75, 3.05) is 12.8 Å². The first kappa shape index (κ1) is 12.3. The molecule has 5 heteroatoms. The number of hydrogen-bond acceptors (Lipinski definition) is 2. The Morgan fingerprint density at radius 1 is 0.944 bits per heavy atom. The third-order valence-corrected chi connectivity index (χ3v) is 2.51. The molecule has 2 nitrogen and oxygen atoms in total. The van der Waals surface area contributed by atoms with E-state index in [1.807, 2.05) is 0 Å². The van der Waals surface area contributed by atoms with E-state index < -0.39 is 23.0 Å². The number of nitrogens with two attached hydrogens (primary N) is 1. The van der Waals surface area contributed by atoms with Gasteiger partial charge in [0.05, 0.1) is 12.7 Å². The van der Waals surface area contributed by atoms with Crippen molar-refractivity contribution >= 4 is 5.69 Å². The lowest BCUT2D eigenvalue weighted by atomic mass is 10.0. The lowest BCUT2D eigenvalue weighted by molar-refractivity contribution is 0.407. The van der Waals surface area contributed by atoms with Crippen molar-refractivity contribution < 1.29 is 17.9 Å². The SMILES string of the molecule is COc1cc(F)c(-c2ccc(N)cc2F)c(F)c1. The summed E-state index contributed by atoms with van der Waals surface area (Å²) in [5.74, 6) is -2.53. The van der Waals surface area contributed by atoms with Crippen molar-refractivity contribution in [3.63, 3.8) is 0 Å². The molecule has 0 saturated carbocycles. The van der Waals surface area contributed by atoms with Gasteiger partial charge in [0, 0.05) is 23.4 Å². The summed E-state index contributed by atoms with van der Waals surface area (Å²) in [6.07, 6.45) is 0. The molecular formula is C13H10F3NO. The second-order valence-corrected chi connectivity index (χ2v) is 3.71. The summed E-state index contributed by atoms with van der Waals surface area (Å²) < 4.78 is 45.8. The molecule has 2 aromatic rings. The van der Waals surface area contributed by atoms with Crippen LogP contribution in [0.2, 0.25) is 0 Å². The fourth-order valence-electron chi connectivity index (χ4n) is 1.66. The van der Waals surface area contributed by atoms with Crippen LogP contribution in [0.3, 0.4) is 0 Å². The molecule has 2 rings (SSSR count). The first-order valence-corrected chi connectivity index (χ1v) is 5.11. The largest absolute Gasteiger partial charge is 0.497 e. The molecular weight excluding hydrogens is 243 g/mol. The Morgan fingerprint density at radius 2 is 1.56 bits per heavy atom. The molecule has 94 valence electrons. The molecule has 0 fully saturated rings. The predicted molar refractivity (Wildman–Crippen MR) is 62.7 cm³/mol. The number of methoxy groups -OCH3 is 1. The van der Waals surface area contributed by atoms with Gasteiger partial charge in [-0.05, 0) is 18.2 Å². The zero-order valence-electron chi connectivity index (χ0n) is 9.51. The molecule has 0 unspecified atom stereocenters. The normalized spacial score (nSPS) is 10.4. The first-order valence-electron chi connectivity index (χ1n) is 5.11. The second kappa shape index (κ2) is 4.60. The molecule has 0 aliphatic rings. The van der Waals surface area contributed by atoms with Crippen LogP contribution in [0.5, 0.6) is 5.75 Å². The Labute approximate surface area is 102 Å². The van der Waals surface area contributed by atoms with E-state index in [1.165, 1.54) is 19.2 Å². The number of benzene rings is 2. The Hall–Kier alpha value is -2.17. The van der Waals surface area contributed by atoms with Crippen molar-refractivity contribution in [3.8, 4) is 16.9 Å². The van der Waals surface area contributed by atoms with Gasteiger partial charge in [-0.2, -0.15) is 0 Å². The van der Waals surface area contributed by atoms with Crippen molar-refractivity contribution in [1.82, 2.24) is 0 Å². The van der Waals surface area contributed by atoms with Gasteiger partial charge in [0.15, 0.2) is 0 Å². The minimum atomic E-state index is -0.893. The van der Waals surface area contributed by atoms with Gasteiger partial charge < -0.3 is 10.5 Å². The van der Waals surface area contributed by atoms with Gasteiger partial charge in [0.25, 0.3) is 0 Å². The van der Waals surface area contributed by atoms with Crippen LogP contribution in [0.1, 0.15) is 0 Å². The molecule has 2 N–H and O–H groups in total. The molecule has 18 heavy (non-hydrogen) atoms. The molecule has 0 aromatic heterocycles. The number of anilines is 1. The minimum absolute atomic E-state index is 0.0320. The highest BCUT2D eigenvalue weighted by Crippen LogP contribution is 2.32. The summed E-state index contributed by atoms with van der Waals surface area (Å²) in [5.41, 5.74) is 4.95. The molecule has 0 spiro atoms. The highest BCUT2D eigenvalue weighted by molar-refractivity contribution is 5.68. The van der Waals surface area contributed by atoms with Crippen LogP contribution in [-0.2, 0) is 0 Å². The van der Waals surface area contributed by atoms with Gasteiger partial charge in [0.1, 0.15) is 23.2 Å². The molecule has 0 radical (unpaired) electrons. The van der Waals surface area contributed by atoms with Crippen molar-refractivity contribution in [3.05, 3.63) is 47.8 Å². The molecule has 0 aliphatic heterocycles. The molecule has 0 bridgehead atoms. The third kappa shape index (κ3) is 2.11. The summed E-state index contributed by atoms with van der Waals surface area (Å²) in [4.78, 5) is 0. The highest BCUT2D eigenvalue weighted by Gasteiger charge is 2.17. The van der Waals surface area contributed by atoms with E-state index >= 15 is 0 Å². The lowest BCUT2D eigenvalue weighted by Gasteiger charge is -2.09. The van der Waals surface area contributed by atoms with E-state index in [-0.39, 0.29) is 17.0 Å². The molecule has 0 saturated heterocycles. The molecule has 0 heterocycles. The zero-order chi connectivity index (χ0) is 13.3. The standard InChI is InChI=1S/C13H10F3NO/c1-18-8-5-11(15)13(12(16)6-8)9-3-2-7(17)4-10(9)14/h2-6H,17H2,1H3. The van der Waals surface area contributed by atoms with Crippen molar-refractivity contribution in [2.24, 2.45) is 0 Å². The van der Waals surface area contributed by atoms with Crippen LogP contribution in [0.15, 0.2) is 30.3 Å². The van der Waals surface area contributed by atoms with E-state index in [9.17, 15) is 13.2 Å². The first-order chi connectivity index (χ1) is 8.52. The fraction of sp³-hybridized carbons (Fsp3) is 0.0769. The summed E-state index contributed by atoms with van der Waals surface area (Å²) >= 11 is 0. The Morgan fingerprint density at radius 3 is 2.06 bits per heavy atom. The monoisotopic (exact) mass is 253 g/mol. The minimum Gasteiger partial charge on any atom is -0.497 e. The van der Waals surface area contributed by atoms with Crippen LogP contribution in [0.4, 0.5) is 18.9 Å². The average molecular weight is 253 g/mol. The van der Waals surface area contributed by atoms with Gasteiger partial charge in [0.2, 0.25) is 0 Å². The smallest absolute Gasteiger partial charge is 0.137 e. The molecule has 0 atom stereocenters. The van der Waals surface area contributed by atoms with Crippen LogP contribution >= 0.6 is 0 Å². The third-order valence-electron chi connectivity index (χ3n) is 2.51. The van der Waals surface area contributed by atoms with Crippen LogP contribution in [0, 0.1) is 17.5 Å². The summed E-state index contributed by atoms with van der Waals surface area (Å²) in [6, 6.07) is 5.61. The van der Waals surface area contributed by atoms with Gasteiger partial charge in [-0.1, -0.05) is 0 Å². The van der Waals surface area contributed by atoms with Crippen LogP contribution in [-0.4, -0.2) is 7.11 Å². The summed E-state index contributed by atoms with van der Waals surface area (Å²) in [5, 5.41) is 0. The number of hydrogen-bond donors (Lipinski definition) is 1. The van der Waals surface area contributed by atoms with Crippen molar-refractivity contribution in [2.45, 2.75) is 0 Å². The number of ether oxygens (including phenoxy) is 1. The van der Waals surface area contributed by atoms with Gasteiger partial charge in [-0.15, -0.1) is 0 Å². The quantitative estimate of drug-likeness (QED) is 0.833. The van der Waals surface area contributed by atoms with E-state index in [0.717, 1.165) is 18.2 Å². The maximum Gasteiger partial charge on any atom is 0.137 e. The summed E-state index contributed by atoms with van der Waals surface area (Å²) in [7, 11) is 1.29. The van der Waals surface area contributed by atoms with E-state index in [1.54, 1.807) is 0 Å². The van der Waals surface area contributed by atoms with Gasteiger partial charge in [-0.25, -0.2) is 13.2 Å². The zero-order valence-corrected chi connectivity index (χ0v) is 9.51. The Kier molecular flexibility index (Phi) is 3.14. The average Bonchev–Trinajstić information content (AvgIpc) is 2.30. The number of halogens is 3. The fourth-order valence-corrected chi connectivity index (χ4v) is 1.66. The highest BCUT2D eigenvalue weighted by atomic mass is 19.1. The molecule has 0 aliphatic carbocycles. The predicted octanol–water partition coefficient (Wildman–Crippen LogP) is 3.36. The topological polar surface area (TPSA) is 35.2 Å².